The van der Waals surface area contributed by atoms with Gasteiger partial charge in [0.25, 0.3) is 0 Å². The number of methoxy groups -OCH3 is 1. The first-order valence-electron chi connectivity index (χ1n) is 8.95. The summed E-state index contributed by atoms with van der Waals surface area (Å²) in [5.74, 6) is 1.52. The van der Waals surface area contributed by atoms with Crippen molar-refractivity contribution in [3.8, 4) is 22.9 Å². The molecule has 3 heterocycles. The molecule has 1 aliphatic rings. The Hall–Kier alpha value is -3.09. The van der Waals surface area contributed by atoms with Gasteiger partial charge in [-0.15, -0.1) is 0 Å². The molecule has 27 heavy (non-hydrogen) atoms. The van der Waals surface area contributed by atoms with E-state index in [2.05, 4.69) is 15.3 Å². The number of nitrogens with zero attached hydrogens (tertiary/aromatic N) is 3. The Morgan fingerprint density at radius 1 is 1.33 bits per heavy atom. The highest BCUT2D eigenvalue weighted by Crippen LogP contribution is 2.33. The van der Waals surface area contributed by atoms with E-state index < -0.39 is 0 Å². The van der Waals surface area contributed by atoms with E-state index in [-0.39, 0.29) is 17.9 Å². The summed E-state index contributed by atoms with van der Waals surface area (Å²) in [7, 11) is 3.54. The van der Waals surface area contributed by atoms with Crippen LogP contribution in [-0.4, -0.2) is 40.2 Å². The van der Waals surface area contributed by atoms with Crippen LogP contribution in [0.5, 0.6) is 11.6 Å². The van der Waals surface area contributed by atoms with Gasteiger partial charge in [-0.2, -0.15) is 0 Å². The van der Waals surface area contributed by atoms with Crippen LogP contribution in [0.25, 0.3) is 22.3 Å². The number of nitrogens with one attached hydrogen (secondary N) is 1. The Kier molecular flexibility index (Phi) is 4.43. The van der Waals surface area contributed by atoms with Crippen LogP contribution >= 0.6 is 0 Å². The predicted octanol–water partition coefficient (Wildman–Crippen LogP) is 2.55. The van der Waals surface area contributed by atoms with E-state index in [1.807, 2.05) is 48.9 Å². The number of ether oxygens (including phenoxy) is 2. The third-order valence-corrected chi connectivity index (χ3v) is 4.99. The highest BCUT2D eigenvalue weighted by molar-refractivity contribution is 5.87. The number of aryl methyl sites for hydroxylation is 1. The number of imidazole rings is 1. The van der Waals surface area contributed by atoms with E-state index >= 15 is 0 Å². The molecule has 0 spiro atoms. The molecular weight excluding hydrogens is 344 g/mol. The number of hydrogen-bond acceptors (Lipinski definition) is 5. The van der Waals surface area contributed by atoms with Gasteiger partial charge in [0.15, 0.2) is 0 Å². The second kappa shape index (κ2) is 6.90. The molecule has 7 nitrogen and oxygen atoms in total. The van der Waals surface area contributed by atoms with Crippen molar-refractivity contribution in [2.24, 2.45) is 13.0 Å². The number of pyridine rings is 1. The summed E-state index contributed by atoms with van der Waals surface area (Å²) in [6.45, 7) is 2.65. The van der Waals surface area contributed by atoms with Crippen molar-refractivity contribution in [1.82, 2.24) is 19.9 Å². The van der Waals surface area contributed by atoms with Gasteiger partial charge in [0.1, 0.15) is 17.4 Å². The Morgan fingerprint density at radius 3 is 2.93 bits per heavy atom. The van der Waals surface area contributed by atoms with E-state index in [0.29, 0.717) is 18.8 Å². The number of benzene rings is 1. The fourth-order valence-corrected chi connectivity index (χ4v) is 3.44. The fraction of sp³-hybridized carbons (Fsp3) is 0.350. The highest BCUT2D eigenvalue weighted by Gasteiger charge is 2.28. The molecule has 1 aliphatic heterocycles. The summed E-state index contributed by atoms with van der Waals surface area (Å²) < 4.78 is 13.5. The molecule has 0 unspecified atom stereocenters. The number of aromatic nitrogens is 3. The van der Waals surface area contributed by atoms with Crippen LogP contribution in [0.2, 0.25) is 0 Å². The number of amides is 1. The third kappa shape index (κ3) is 3.32. The number of carbonyl (C=O) groups is 1. The normalized spacial score (nSPS) is 17.7. The largest absolute Gasteiger partial charge is 0.488 e. The van der Waals surface area contributed by atoms with Crippen LogP contribution in [-0.2, 0) is 11.8 Å². The minimum absolute atomic E-state index is 0.0791. The Bertz CT molecular complexity index is 998. The minimum atomic E-state index is -0.101. The summed E-state index contributed by atoms with van der Waals surface area (Å²) in [6.07, 6.45) is 2.16. The van der Waals surface area contributed by atoms with Gasteiger partial charge >= 0.3 is 0 Å². The van der Waals surface area contributed by atoms with Gasteiger partial charge in [-0.25, -0.2) is 9.97 Å². The second-order valence-corrected chi connectivity index (χ2v) is 6.85. The molecule has 2 aromatic heterocycles. The molecule has 0 saturated carbocycles. The molecule has 0 aliphatic carbocycles. The number of rotatable bonds is 5. The lowest BCUT2D eigenvalue weighted by atomic mass is 10.0. The molecule has 4 rings (SSSR count). The first-order chi connectivity index (χ1) is 13.0. The number of carbonyl (C=O) groups excluding carboxylic acids is 1. The van der Waals surface area contributed by atoms with E-state index in [9.17, 15) is 4.79 Å². The van der Waals surface area contributed by atoms with E-state index in [4.69, 9.17) is 9.47 Å². The summed E-state index contributed by atoms with van der Waals surface area (Å²) in [5.41, 5.74) is 3.45. The Balaban J connectivity index is 1.74. The average molecular weight is 366 g/mol. The zero-order chi connectivity index (χ0) is 19.0. The molecule has 7 heteroatoms. The monoisotopic (exact) mass is 366 g/mol. The molecule has 1 amide bonds. The van der Waals surface area contributed by atoms with Crippen molar-refractivity contribution in [2.75, 3.05) is 13.7 Å². The van der Waals surface area contributed by atoms with Crippen molar-refractivity contribution in [2.45, 2.75) is 19.4 Å². The number of hydrogen-bond donors (Lipinski definition) is 1. The van der Waals surface area contributed by atoms with Crippen LogP contribution in [0.1, 0.15) is 13.3 Å². The standard InChI is InChI=1S/C20H22N4O3/c1-12(14-9-18(25)21-10-14)27-17-8-13(7-16-20(17)24(2)11-22-16)15-5-4-6-19(23-15)26-3/h4-8,11-12,14H,9-10H2,1-3H3,(H,21,25)/t12-,14-/m1/s1. The van der Waals surface area contributed by atoms with Crippen molar-refractivity contribution in [3.05, 3.63) is 36.7 Å². The van der Waals surface area contributed by atoms with Crippen LogP contribution in [0.4, 0.5) is 0 Å². The maximum absolute atomic E-state index is 11.5. The smallest absolute Gasteiger partial charge is 0.220 e. The molecule has 0 radical (unpaired) electrons. The summed E-state index contributed by atoms with van der Waals surface area (Å²) in [4.78, 5) is 20.5. The molecule has 0 bridgehead atoms. The summed E-state index contributed by atoms with van der Waals surface area (Å²) >= 11 is 0. The van der Waals surface area contributed by atoms with Gasteiger partial charge in [-0.05, 0) is 25.1 Å². The summed E-state index contributed by atoms with van der Waals surface area (Å²) in [6, 6.07) is 9.62. The fourth-order valence-electron chi connectivity index (χ4n) is 3.44. The van der Waals surface area contributed by atoms with E-state index in [1.165, 1.54) is 0 Å². The van der Waals surface area contributed by atoms with Gasteiger partial charge in [-0.3, -0.25) is 4.79 Å². The molecule has 1 aromatic carbocycles. The molecule has 2 atom stereocenters. The van der Waals surface area contributed by atoms with Crippen molar-refractivity contribution < 1.29 is 14.3 Å². The third-order valence-electron chi connectivity index (χ3n) is 4.99. The van der Waals surface area contributed by atoms with E-state index in [1.54, 1.807) is 13.4 Å². The van der Waals surface area contributed by atoms with Crippen molar-refractivity contribution >= 4 is 16.9 Å². The van der Waals surface area contributed by atoms with E-state index in [0.717, 1.165) is 28.0 Å². The van der Waals surface area contributed by atoms with Crippen LogP contribution in [0.3, 0.4) is 0 Å². The zero-order valence-electron chi connectivity index (χ0n) is 15.6. The topological polar surface area (TPSA) is 78.3 Å². The molecule has 1 N–H and O–H groups in total. The molecule has 1 saturated heterocycles. The Morgan fingerprint density at radius 2 is 2.19 bits per heavy atom. The maximum Gasteiger partial charge on any atom is 0.220 e. The van der Waals surface area contributed by atoms with Gasteiger partial charge in [0.05, 0.1) is 24.6 Å². The predicted molar refractivity (Wildman–Crippen MR) is 102 cm³/mol. The summed E-state index contributed by atoms with van der Waals surface area (Å²) in [5, 5.41) is 2.87. The lowest BCUT2D eigenvalue weighted by Gasteiger charge is -2.21. The van der Waals surface area contributed by atoms with Crippen LogP contribution in [0, 0.1) is 5.92 Å². The molecular formula is C20H22N4O3. The van der Waals surface area contributed by atoms with Gasteiger partial charge in [-0.1, -0.05) is 6.07 Å². The Labute approximate surface area is 157 Å². The minimum Gasteiger partial charge on any atom is -0.488 e. The highest BCUT2D eigenvalue weighted by atomic mass is 16.5. The number of fused-ring (bicyclic) bond motifs is 1. The lowest BCUT2D eigenvalue weighted by molar-refractivity contribution is -0.119. The average Bonchev–Trinajstić information content (AvgIpc) is 3.28. The molecule has 3 aromatic rings. The quantitative estimate of drug-likeness (QED) is 0.751. The molecule has 1 fully saturated rings. The molecule has 140 valence electrons. The van der Waals surface area contributed by atoms with Crippen molar-refractivity contribution in [3.63, 3.8) is 0 Å². The van der Waals surface area contributed by atoms with Gasteiger partial charge < -0.3 is 19.4 Å². The first kappa shape index (κ1) is 17.3. The SMILES string of the molecule is COc1cccc(-c2cc(O[C@H](C)[C@H]3CNC(=O)C3)c3c(c2)ncn3C)n1. The lowest BCUT2D eigenvalue weighted by Crippen LogP contribution is -2.25. The van der Waals surface area contributed by atoms with Crippen LogP contribution in [0.15, 0.2) is 36.7 Å². The second-order valence-electron chi connectivity index (χ2n) is 6.85. The maximum atomic E-state index is 11.5. The van der Waals surface area contributed by atoms with Gasteiger partial charge in [0, 0.05) is 37.6 Å². The first-order valence-corrected chi connectivity index (χ1v) is 8.95. The zero-order valence-corrected chi connectivity index (χ0v) is 15.6. The van der Waals surface area contributed by atoms with Gasteiger partial charge in [0.2, 0.25) is 11.8 Å². The van der Waals surface area contributed by atoms with Crippen molar-refractivity contribution in [1.29, 1.82) is 0 Å². The van der Waals surface area contributed by atoms with Crippen LogP contribution < -0.4 is 14.8 Å².